The molecule has 15 heavy (non-hydrogen) atoms. The maximum atomic E-state index is 11.4. The Bertz CT molecular complexity index is 329. The third kappa shape index (κ3) is 5.38. The monoisotopic (exact) mass is 246 g/mol. The van der Waals surface area contributed by atoms with Gasteiger partial charge in [-0.1, -0.05) is 37.3 Å². The number of hydrogen-bond donors (Lipinski definition) is 1. The van der Waals surface area contributed by atoms with E-state index in [1.165, 1.54) is 0 Å². The molecule has 3 nitrogen and oxygen atoms in total. The molecule has 1 atom stereocenters. The average Bonchev–Trinajstić information content (AvgIpc) is 2.25. The van der Waals surface area contributed by atoms with Gasteiger partial charge in [-0.25, -0.2) is 4.57 Å². The predicted molar refractivity (Wildman–Crippen MR) is 63.8 cm³/mol. The molecule has 1 aromatic carbocycles. The van der Waals surface area contributed by atoms with E-state index in [1.54, 1.807) is 0 Å². The van der Waals surface area contributed by atoms with Crippen LogP contribution in [0.4, 0.5) is 0 Å². The van der Waals surface area contributed by atoms with E-state index in [-0.39, 0.29) is 0 Å². The third-order valence-corrected chi connectivity index (χ3v) is 4.68. The summed E-state index contributed by atoms with van der Waals surface area (Å²) in [5.41, 5.74) is 1.02. The maximum Gasteiger partial charge on any atom is 0.386 e. The van der Waals surface area contributed by atoms with Gasteiger partial charge < -0.3 is 9.42 Å². The second-order valence-electron chi connectivity index (χ2n) is 3.06. The summed E-state index contributed by atoms with van der Waals surface area (Å²) in [7, 11) is 0. The van der Waals surface area contributed by atoms with E-state index < -0.39 is 6.80 Å². The van der Waals surface area contributed by atoms with Crippen molar-refractivity contribution in [2.45, 2.75) is 19.1 Å². The van der Waals surface area contributed by atoms with Crippen LogP contribution in [0.3, 0.4) is 0 Å². The highest BCUT2D eigenvalue weighted by atomic mass is 32.7. The molecule has 1 N–H and O–H groups in total. The van der Waals surface area contributed by atoms with Crippen LogP contribution in [0.2, 0.25) is 0 Å². The van der Waals surface area contributed by atoms with E-state index in [2.05, 4.69) is 0 Å². The molecule has 84 valence electrons. The van der Waals surface area contributed by atoms with Gasteiger partial charge in [-0.05, 0) is 23.4 Å². The molecule has 0 saturated carbocycles. The van der Waals surface area contributed by atoms with Crippen molar-refractivity contribution in [3.63, 3.8) is 0 Å². The van der Waals surface area contributed by atoms with Crippen LogP contribution in [-0.4, -0.2) is 11.5 Å². The summed E-state index contributed by atoms with van der Waals surface area (Å²) < 4.78 is 16.3. The standard InChI is InChI=1S/C10H15O3PS/c1-2-8-13-14(11,12)15-9-10-6-4-3-5-7-10/h3-7H,2,8-9H2,1H3,(H,11,12). The Hall–Kier alpha value is -0.280. The molecule has 5 heteroatoms. The highest BCUT2D eigenvalue weighted by Crippen LogP contribution is 2.56. The van der Waals surface area contributed by atoms with Gasteiger partial charge in [0, 0.05) is 5.75 Å². The lowest BCUT2D eigenvalue weighted by molar-refractivity contribution is 0.276. The minimum absolute atomic E-state index is 0.329. The Morgan fingerprint density at radius 1 is 1.40 bits per heavy atom. The van der Waals surface area contributed by atoms with E-state index in [0.717, 1.165) is 23.4 Å². The zero-order chi connectivity index (χ0) is 11.1. The van der Waals surface area contributed by atoms with Crippen LogP contribution in [0.15, 0.2) is 30.3 Å². The van der Waals surface area contributed by atoms with Gasteiger partial charge in [-0.2, -0.15) is 0 Å². The van der Waals surface area contributed by atoms with E-state index in [1.807, 2.05) is 37.3 Å². The van der Waals surface area contributed by atoms with Crippen LogP contribution >= 0.6 is 18.2 Å². The molecule has 0 aliphatic rings. The lowest BCUT2D eigenvalue weighted by Crippen LogP contribution is -1.89. The molecule has 0 spiro atoms. The van der Waals surface area contributed by atoms with Crippen molar-refractivity contribution in [1.29, 1.82) is 0 Å². The summed E-state index contributed by atoms with van der Waals surface area (Å²) in [6.07, 6.45) is 0.746. The Kier molecular flexibility index (Phi) is 5.40. The van der Waals surface area contributed by atoms with E-state index in [9.17, 15) is 9.46 Å². The molecule has 1 rings (SSSR count). The first-order valence-electron chi connectivity index (χ1n) is 4.80. The lowest BCUT2D eigenvalue weighted by Gasteiger charge is -2.10. The highest BCUT2D eigenvalue weighted by molar-refractivity contribution is 8.54. The molecule has 0 fully saturated rings. The maximum absolute atomic E-state index is 11.4. The van der Waals surface area contributed by atoms with Crippen molar-refractivity contribution < 1.29 is 14.0 Å². The molecule has 0 amide bonds. The van der Waals surface area contributed by atoms with Gasteiger partial charge >= 0.3 is 6.80 Å². The Labute approximate surface area is 94.1 Å². The molecule has 0 radical (unpaired) electrons. The van der Waals surface area contributed by atoms with Gasteiger partial charge in [0.05, 0.1) is 6.61 Å². The second-order valence-corrected chi connectivity index (χ2v) is 6.96. The molecule has 0 aromatic heterocycles. The summed E-state index contributed by atoms with van der Waals surface area (Å²) in [4.78, 5) is 9.40. The molecule has 0 heterocycles. The molecular formula is C10H15O3PS. The van der Waals surface area contributed by atoms with Gasteiger partial charge in [0.15, 0.2) is 0 Å². The minimum Gasteiger partial charge on any atom is -0.316 e. The molecule has 0 aliphatic carbocycles. The molecule has 0 saturated heterocycles. The van der Waals surface area contributed by atoms with Crippen LogP contribution in [0.1, 0.15) is 18.9 Å². The molecule has 0 bridgehead atoms. The molecule has 1 unspecified atom stereocenters. The minimum atomic E-state index is -3.46. The summed E-state index contributed by atoms with van der Waals surface area (Å²) in [6.45, 7) is -1.22. The SMILES string of the molecule is CCCOP(=O)(O)SCc1ccccc1. The van der Waals surface area contributed by atoms with Gasteiger partial charge in [-0.3, -0.25) is 0 Å². The molecule has 0 aliphatic heterocycles. The van der Waals surface area contributed by atoms with Crippen molar-refractivity contribution in [3.8, 4) is 0 Å². The predicted octanol–water partition coefficient (Wildman–Crippen LogP) is 3.45. The Morgan fingerprint density at radius 2 is 2.07 bits per heavy atom. The molecular weight excluding hydrogens is 231 g/mol. The fourth-order valence-electron chi connectivity index (χ4n) is 0.974. The number of benzene rings is 1. The fraction of sp³-hybridized carbons (Fsp3) is 0.400. The zero-order valence-corrected chi connectivity index (χ0v) is 10.3. The second kappa shape index (κ2) is 6.33. The third-order valence-electron chi connectivity index (χ3n) is 1.70. The average molecular weight is 246 g/mol. The van der Waals surface area contributed by atoms with Gasteiger partial charge in [-0.15, -0.1) is 0 Å². The Balaban J connectivity index is 2.39. The topological polar surface area (TPSA) is 46.5 Å². The lowest BCUT2D eigenvalue weighted by atomic mass is 10.2. The van der Waals surface area contributed by atoms with Crippen LogP contribution in [0.5, 0.6) is 0 Å². The van der Waals surface area contributed by atoms with Crippen LogP contribution in [0, 0.1) is 0 Å². The van der Waals surface area contributed by atoms with Crippen molar-refractivity contribution in [3.05, 3.63) is 35.9 Å². The summed E-state index contributed by atoms with van der Waals surface area (Å²) in [5.74, 6) is 0.498. The smallest absolute Gasteiger partial charge is 0.316 e. The first-order valence-corrected chi connectivity index (χ1v) is 7.96. The highest BCUT2D eigenvalue weighted by Gasteiger charge is 2.19. The van der Waals surface area contributed by atoms with Crippen LogP contribution < -0.4 is 0 Å². The zero-order valence-electron chi connectivity index (χ0n) is 8.63. The largest absolute Gasteiger partial charge is 0.386 e. The quantitative estimate of drug-likeness (QED) is 0.781. The van der Waals surface area contributed by atoms with Crippen molar-refractivity contribution in [1.82, 2.24) is 0 Å². The number of hydrogen-bond acceptors (Lipinski definition) is 3. The van der Waals surface area contributed by atoms with E-state index in [4.69, 9.17) is 4.52 Å². The summed E-state index contributed by atoms with van der Waals surface area (Å²) >= 11 is 0.961. The fourth-order valence-corrected chi connectivity index (χ4v) is 3.35. The van der Waals surface area contributed by atoms with Gasteiger partial charge in [0.25, 0.3) is 0 Å². The van der Waals surface area contributed by atoms with Crippen molar-refractivity contribution in [2.75, 3.05) is 6.61 Å². The van der Waals surface area contributed by atoms with Crippen LogP contribution in [-0.2, 0) is 14.8 Å². The van der Waals surface area contributed by atoms with E-state index in [0.29, 0.717) is 12.4 Å². The normalized spacial score (nSPS) is 14.8. The summed E-state index contributed by atoms with van der Waals surface area (Å²) in [6, 6.07) is 9.58. The first-order chi connectivity index (χ1) is 7.14. The van der Waals surface area contributed by atoms with Crippen LogP contribution in [0.25, 0.3) is 0 Å². The molecule has 1 aromatic rings. The van der Waals surface area contributed by atoms with Crippen molar-refractivity contribution in [2.24, 2.45) is 0 Å². The van der Waals surface area contributed by atoms with E-state index >= 15 is 0 Å². The Morgan fingerprint density at radius 3 is 2.67 bits per heavy atom. The van der Waals surface area contributed by atoms with Gasteiger partial charge in [0.2, 0.25) is 0 Å². The van der Waals surface area contributed by atoms with Crippen molar-refractivity contribution >= 4 is 18.2 Å². The number of rotatable bonds is 6. The first kappa shape index (κ1) is 12.8. The summed E-state index contributed by atoms with van der Waals surface area (Å²) in [5, 5.41) is 0. The van der Waals surface area contributed by atoms with Gasteiger partial charge in [0.1, 0.15) is 0 Å².